The Morgan fingerprint density at radius 2 is 2.37 bits per heavy atom. The molecule has 3 N–H and O–H groups in total. The molecular weight excluding hydrogens is 251 g/mol. The maximum atomic E-state index is 12.9. The van der Waals surface area contributed by atoms with Crippen molar-refractivity contribution in [3.05, 3.63) is 29.6 Å². The van der Waals surface area contributed by atoms with Gasteiger partial charge in [0.15, 0.2) is 0 Å². The van der Waals surface area contributed by atoms with Gasteiger partial charge in [-0.1, -0.05) is 0 Å². The SMILES string of the molecule is CC1COC(CN)CN1C(=O)c1ccc(F)cc1O. The van der Waals surface area contributed by atoms with Crippen LogP contribution in [0.3, 0.4) is 0 Å². The van der Waals surface area contributed by atoms with Crippen LogP contribution in [0.15, 0.2) is 18.2 Å². The van der Waals surface area contributed by atoms with E-state index in [9.17, 15) is 14.3 Å². The summed E-state index contributed by atoms with van der Waals surface area (Å²) in [6, 6.07) is 3.25. The number of hydrogen-bond acceptors (Lipinski definition) is 4. The van der Waals surface area contributed by atoms with Gasteiger partial charge in [-0.25, -0.2) is 4.39 Å². The quantitative estimate of drug-likeness (QED) is 0.828. The molecule has 1 aliphatic heterocycles. The molecule has 5 nitrogen and oxygen atoms in total. The number of carbonyl (C=O) groups is 1. The smallest absolute Gasteiger partial charge is 0.258 e. The lowest BCUT2D eigenvalue weighted by Crippen LogP contribution is -2.52. The van der Waals surface area contributed by atoms with Gasteiger partial charge in [0.25, 0.3) is 5.91 Å². The standard InChI is InChI=1S/C13H17FN2O3/c1-8-7-19-10(5-15)6-16(8)13(18)11-3-2-9(14)4-12(11)17/h2-4,8,10,17H,5-7,15H2,1H3. The number of benzene rings is 1. The van der Waals surface area contributed by atoms with Gasteiger partial charge in [0.2, 0.25) is 0 Å². The zero-order valence-corrected chi connectivity index (χ0v) is 10.7. The first-order valence-electron chi connectivity index (χ1n) is 6.14. The van der Waals surface area contributed by atoms with Gasteiger partial charge >= 0.3 is 0 Å². The molecule has 1 heterocycles. The number of carbonyl (C=O) groups excluding carboxylic acids is 1. The number of phenolic OH excluding ortho intramolecular Hbond substituents is 1. The van der Waals surface area contributed by atoms with Crippen molar-refractivity contribution in [3.63, 3.8) is 0 Å². The third-order valence-electron chi connectivity index (χ3n) is 3.22. The van der Waals surface area contributed by atoms with Crippen LogP contribution in [0, 0.1) is 5.82 Å². The highest BCUT2D eigenvalue weighted by molar-refractivity contribution is 5.97. The molecule has 1 aromatic rings. The molecule has 0 aliphatic carbocycles. The van der Waals surface area contributed by atoms with Gasteiger partial charge in [0.05, 0.1) is 24.3 Å². The van der Waals surface area contributed by atoms with Gasteiger partial charge in [-0.05, 0) is 19.1 Å². The van der Waals surface area contributed by atoms with Crippen molar-refractivity contribution >= 4 is 5.91 Å². The third kappa shape index (κ3) is 2.85. The minimum atomic E-state index is -0.580. The fourth-order valence-corrected chi connectivity index (χ4v) is 2.08. The molecule has 0 saturated carbocycles. The zero-order chi connectivity index (χ0) is 14.0. The number of rotatable bonds is 2. The van der Waals surface area contributed by atoms with Crippen molar-refractivity contribution in [2.75, 3.05) is 19.7 Å². The van der Waals surface area contributed by atoms with Gasteiger partial charge in [0, 0.05) is 19.2 Å². The highest BCUT2D eigenvalue weighted by Crippen LogP contribution is 2.22. The second-order valence-corrected chi connectivity index (χ2v) is 4.66. The minimum absolute atomic E-state index is 0.0888. The summed E-state index contributed by atoms with van der Waals surface area (Å²) in [4.78, 5) is 13.9. The van der Waals surface area contributed by atoms with E-state index >= 15 is 0 Å². The molecule has 0 bridgehead atoms. The van der Waals surface area contributed by atoms with E-state index in [0.717, 1.165) is 12.1 Å². The lowest BCUT2D eigenvalue weighted by molar-refractivity contribution is -0.0426. The number of aromatic hydroxyl groups is 1. The van der Waals surface area contributed by atoms with Crippen LogP contribution in [-0.2, 0) is 4.74 Å². The van der Waals surface area contributed by atoms with Crippen molar-refractivity contribution in [3.8, 4) is 5.75 Å². The van der Waals surface area contributed by atoms with Crippen LogP contribution in [0.1, 0.15) is 17.3 Å². The van der Waals surface area contributed by atoms with Crippen molar-refractivity contribution in [2.45, 2.75) is 19.1 Å². The van der Waals surface area contributed by atoms with E-state index in [-0.39, 0.29) is 29.4 Å². The zero-order valence-electron chi connectivity index (χ0n) is 10.7. The van der Waals surface area contributed by atoms with E-state index in [1.165, 1.54) is 6.07 Å². The van der Waals surface area contributed by atoms with Crippen LogP contribution in [-0.4, -0.2) is 47.8 Å². The lowest BCUT2D eigenvalue weighted by atomic mass is 10.1. The number of nitrogens with two attached hydrogens (primary N) is 1. The number of nitrogens with zero attached hydrogens (tertiary/aromatic N) is 1. The van der Waals surface area contributed by atoms with Gasteiger partial charge in [-0.3, -0.25) is 4.79 Å². The van der Waals surface area contributed by atoms with E-state index in [1.807, 2.05) is 6.92 Å². The minimum Gasteiger partial charge on any atom is -0.507 e. The highest BCUT2D eigenvalue weighted by atomic mass is 19.1. The second kappa shape index (κ2) is 5.54. The molecule has 2 atom stereocenters. The predicted molar refractivity (Wildman–Crippen MR) is 67.4 cm³/mol. The molecular formula is C13H17FN2O3. The summed E-state index contributed by atoms with van der Waals surface area (Å²) in [6.45, 7) is 2.94. The molecule has 1 saturated heterocycles. The summed E-state index contributed by atoms with van der Waals surface area (Å²) in [7, 11) is 0. The first kappa shape index (κ1) is 13.8. The van der Waals surface area contributed by atoms with Crippen LogP contribution in [0.25, 0.3) is 0 Å². The molecule has 1 fully saturated rings. The maximum Gasteiger partial charge on any atom is 0.258 e. The number of hydrogen-bond donors (Lipinski definition) is 2. The fourth-order valence-electron chi connectivity index (χ4n) is 2.08. The Kier molecular flexibility index (Phi) is 4.01. The monoisotopic (exact) mass is 268 g/mol. The Morgan fingerprint density at radius 1 is 1.63 bits per heavy atom. The Morgan fingerprint density at radius 3 is 3.00 bits per heavy atom. The summed E-state index contributed by atoms with van der Waals surface area (Å²) in [5, 5.41) is 9.66. The Bertz CT molecular complexity index is 481. The Labute approximate surface area is 110 Å². The molecule has 0 aromatic heterocycles. The van der Waals surface area contributed by atoms with Crippen LogP contribution < -0.4 is 5.73 Å². The van der Waals surface area contributed by atoms with Gasteiger partial charge in [-0.15, -0.1) is 0 Å². The van der Waals surface area contributed by atoms with E-state index in [2.05, 4.69) is 0 Å². The summed E-state index contributed by atoms with van der Waals surface area (Å²) >= 11 is 0. The molecule has 2 rings (SSSR count). The van der Waals surface area contributed by atoms with Crippen molar-refractivity contribution < 1.29 is 19.0 Å². The number of halogens is 1. The summed E-state index contributed by atoms with van der Waals surface area (Å²) in [6.07, 6.45) is -0.206. The molecule has 19 heavy (non-hydrogen) atoms. The third-order valence-corrected chi connectivity index (χ3v) is 3.22. The summed E-state index contributed by atoms with van der Waals surface area (Å²) in [5.74, 6) is -1.27. The van der Waals surface area contributed by atoms with E-state index < -0.39 is 5.82 Å². The summed E-state index contributed by atoms with van der Waals surface area (Å²) < 4.78 is 18.4. The molecule has 1 aliphatic rings. The topological polar surface area (TPSA) is 75.8 Å². The van der Waals surface area contributed by atoms with Crippen molar-refractivity contribution in [1.82, 2.24) is 4.90 Å². The van der Waals surface area contributed by atoms with Crippen LogP contribution in [0.2, 0.25) is 0 Å². The lowest BCUT2D eigenvalue weighted by Gasteiger charge is -2.37. The second-order valence-electron chi connectivity index (χ2n) is 4.66. The molecule has 104 valence electrons. The summed E-state index contributed by atoms with van der Waals surface area (Å²) in [5.41, 5.74) is 5.63. The van der Waals surface area contributed by atoms with Crippen molar-refractivity contribution in [1.29, 1.82) is 0 Å². The Balaban J connectivity index is 2.22. The number of phenols is 1. The average Bonchev–Trinajstić information content (AvgIpc) is 2.38. The van der Waals surface area contributed by atoms with E-state index in [4.69, 9.17) is 10.5 Å². The van der Waals surface area contributed by atoms with Gasteiger partial charge in [0.1, 0.15) is 11.6 Å². The number of ether oxygens (including phenoxy) is 1. The molecule has 1 amide bonds. The molecule has 1 aromatic carbocycles. The first-order valence-corrected chi connectivity index (χ1v) is 6.14. The normalized spacial score (nSPS) is 23.4. The fraction of sp³-hybridized carbons (Fsp3) is 0.462. The maximum absolute atomic E-state index is 12.9. The predicted octanol–water partition coefficient (Wildman–Crippen LogP) is 0.720. The Hall–Kier alpha value is -1.66. The number of amides is 1. The first-order chi connectivity index (χ1) is 9.02. The molecule has 0 radical (unpaired) electrons. The van der Waals surface area contributed by atoms with Crippen LogP contribution in [0.5, 0.6) is 5.75 Å². The molecule has 0 spiro atoms. The average molecular weight is 268 g/mol. The van der Waals surface area contributed by atoms with Crippen LogP contribution in [0.4, 0.5) is 4.39 Å². The van der Waals surface area contributed by atoms with E-state index in [0.29, 0.717) is 19.7 Å². The molecule has 2 unspecified atom stereocenters. The largest absolute Gasteiger partial charge is 0.507 e. The van der Waals surface area contributed by atoms with Crippen LogP contribution >= 0.6 is 0 Å². The van der Waals surface area contributed by atoms with E-state index in [1.54, 1.807) is 4.90 Å². The van der Waals surface area contributed by atoms with Crippen molar-refractivity contribution in [2.24, 2.45) is 5.73 Å². The number of morpholine rings is 1. The molecule has 6 heteroatoms. The van der Waals surface area contributed by atoms with Gasteiger partial charge in [-0.2, -0.15) is 0 Å². The highest BCUT2D eigenvalue weighted by Gasteiger charge is 2.30. The van der Waals surface area contributed by atoms with Gasteiger partial charge < -0.3 is 20.5 Å².